The number of carbonyl (C=O) groups is 2. The Morgan fingerprint density at radius 2 is 1.82 bits per heavy atom. The molecule has 0 spiro atoms. The van der Waals surface area contributed by atoms with Crippen LogP contribution in [0.1, 0.15) is 37.8 Å². The fraction of sp³-hybridized carbons (Fsp3) is 0.385. The molecular weight excluding hydrogens is 445 g/mol. The molecule has 3 aromatic rings. The third-order valence-electron chi connectivity index (χ3n) is 6.10. The predicted octanol–water partition coefficient (Wildman–Crippen LogP) is 5.65. The number of para-hydroxylation sites is 1. The quantitative estimate of drug-likeness (QED) is 0.398. The van der Waals surface area contributed by atoms with Crippen LogP contribution in [0, 0.1) is 5.92 Å². The van der Waals surface area contributed by atoms with Gasteiger partial charge in [-0.15, -0.1) is 0 Å². The van der Waals surface area contributed by atoms with Crippen molar-refractivity contribution < 1.29 is 27.5 Å². The minimum Gasteiger partial charge on any atom is -0.465 e. The Morgan fingerprint density at radius 3 is 2.47 bits per heavy atom. The van der Waals surface area contributed by atoms with Gasteiger partial charge in [-0.25, -0.2) is 0 Å². The minimum absolute atomic E-state index is 0.00836. The molecule has 1 aliphatic rings. The molecule has 34 heavy (non-hydrogen) atoms. The topological polar surface area (TPSA) is 51.5 Å². The van der Waals surface area contributed by atoms with Gasteiger partial charge in [0.2, 0.25) is 5.91 Å². The maximum absolute atomic E-state index is 13.6. The summed E-state index contributed by atoms with van der Waals surface area (Å²) in [4.78, 5) is 26.5. The van der Waals surface area contributed by atoms with Crippen molar-refractivity contribution >= 4 is 22.8 Å². The van der Waals surface area contributed by atoms with Gasteiger partial charge in [0.15, 0.2) is 0 Å². The van der Waals surface area contributed by atoms with Gasteiger partial charge < -0.3 is 14.2 Å². The average Bonchev–Trinajstić information content (AvgIpc) is 3.59. The summed E-state index contributed by atoms with van der Waals surface area (Å²) in [6.45, 7) is 4.31. The van der Waals surface area contributed by atoms with E-state index in [1.165, 1.54) is 6.07 Å². The summed E-state index contributed by atoms with van der Waals surface area (Å²) in [6, 6.07) is 11.1. The van der Waals surface area contributed by atoms with E-state index in [0.29, 0.717) is 23.2 Å². The summed E-state index contributed by atoms with van der Waals surface area (Å²) in [5.41, 5.74) is 1.76. The van der Waals surface area contributed by atoms with Crippen LogP contribution < -0.4 is 0 Å². The molecule has 1 aromatic heterocycles. The van der Waals surface area contributed by atoms with E-state index >= 15 is 0 Å². The Balaban J connectivity index is 1.82. The SMILES string of the molecule is CCOC(=O)Cn1cc(-c2ccc(C(F)(F)F)cc2CN(CC)C(=O)C2CC2)c2ccccc21. The van der Waals surface area contributed by atoms with Crippen LogP contribution >= 0.6 is 0 Å². The molecule has 0 radical (unpaired) electrons. The molecule has 0 unspecified atom stereocenters. The van der Waals surface area contributed by atoms with Crippen molar-refractivity contribution in [1.82, 2.24) is 9.47 Å². The number of halogens is 3. The second kappa shape index (κ2) is 9.52. The molecule has 2 aromatic carbocycles. The molecule has 1 aliphatic carbocycles. The zero-order valence-electron chi connectivity index (χ0n) is 19.2. The molecule has 0 N–H and O–H groups in total. The highest BCUT2D eigenvalue weighted by Crippen LogP contribution is 2.38. The largest absolute Gasteiger partial charge is 0.465 e. The number of hydrogen-bond acceptors (Lipinski definition) is 3. The number of benzene rings is 2. The van der Waals surface area contributed by atoms with Gasteiger partial charge >= 0.3 is 12.1 Å². The van der Waals surface area contributed by atoms with Gasteiger partial charge in [-0.05, 0) is 56.0 Å². The first-order valence-electron chi connectivity index (χ1n) is 11.5. The molecule has 4 rings (SSSR count). The van der Waals surface area contributed by atoms with Gasteiger partial charge in [0.25, 0.3) is 0 Å². The van der Waals surface area contributed by atoms with Crippen LogP contribution in [0.5, 0.6) is 0 Å². The van der Waals surface area contributed by atoms with E-state index in [1.807, 2.05) is 31.2 Å². The smallest absolute Gasteiger partial charge is 0.416 e. The first-order chi connectivity index (χ1) is 16.2. The normalized spacial score (nSPS) is 13.8. The molecule has 0 atom stereocenters. The van der Waals surface area contributed by atoms with E-state index in [1.54, 1.807) is 22.6 Å². The van der Waals surface area contributed by atoms with Crippen molar-refractivity contribution in [2.75, 3.05) is 13.2 Å². The lowest BCUT2D eigenvalue weighted by molar-refractivity contribution is -0.143. The third-order valence-corrected chi connectivity index (χ3v) is 6.10. The van der Waals surface area contributed by atoms with E-state index < -0.39 is 17.7 Å². The Kier molecular flexibility index (Phi) is 6.68. The van der Waals surface area contributed by atoms with E-state index in [2.05, 4.69) is 0 Å². The summed E-state index contributed by atoms with van der Waals surface area (Å²) in [7, 11) is 0. The number of hydrogen-bond donors (Lipinski definition) is 0. The summed E-state index contributed by atoms with van der Waals surface area (Å²) in [5, 5.41) is 0.810. The first kappa shape index (κ1) is 23.9. The fourth-order valence-corrected chi connectivity index (χ4v) is 4.24. The van der Waals surface area contributed by atoms with Gasteiger partial charge in [0.1, 0.15) is 6.54 Å². The highest BCUT2D eigenvalue weighted by molar-refractivity contribution is 5.97. The Morgan fingerprint density at radius 1 is 1.09 bits per heavy atom. The van der Waals surface area contributed by atoms with Crippen molar-refractivity contribution in [3.63, 3.8) is 0 Å². The highest BCUT2D eigenvalue weighted by atomic mass is 19.4. The van der Waals surface area contributed by atoms with Crippen LogP contribution in [0.3, 0.4) is 0 Å². The number of nitrogens with zero attached hydrogens (tertiary/aromatic N) is 2. The van der Waals surface area contributed by atoms with Crippen LogP contribution in [-0.2, 0) is 33.6 Å². The molecule has 1 fully saturated rings. The van der Waals surface area contributed by atoms with Crippen LogP contribution in [0.4, 0.5) is 13.2 Å². The maximum Gasteiger partial charge on any atom is 0.416 e. The minimum atomic E-state index is -4.50. The van der Waals surface area contributed by atoms with Gasteiger partial charge in [0, 0.05) is 41.7 Å². The van der Waals surface area contributed by atoms with Crippen LogP contribution in [0.15, 0.2) is 48.7 Å². The first-order valence-corrected chi connectivity index (χ1v) is 11.5. The van der Waals surface area contributed by atoms with E-state index in [9.17, 15) is 22.8 Å². The molecule has 1 heterocycles. The predicted molar refractivity (Wildman–Crippen MR) is 123 cm³/mol. The summed E-state index contributed by atoms with van der Waals surface area (Å²) in [5.74, 6) is -0.439. The molecule has 8 heteroatoms. The zero-order valence-corrected chi connectivity index (χ0v) is 19.2. The van der Waals surface area contributed by atoms with Crippen molar-refractivity contribution in [3.8, 4) is 11.1 Å². The van der Waals surface area contributed by atoms with E-state index in [4.69, 9.17) is 4.74 Å². The van der Waals surface area contributed by atoms with E-state index in [-0.39, 0.29) is 31.5 Å². The molecule has 0 saturated heterocycles. The van der Waals surface area contributed by atoms with Crippen LogP contribution in [0.2, 0.25) is 0 Å². The Bertz CT molecular complexity index is 1210. The number of esters is 1. The maximum atomic E-state index is 13.6. The lowest BCUT2D eigenvalue weighted by atomic mass is 9.96. The Labute approximate surface area is 196 Å². The summed E-state index contributed by atoms with van der Waals surface area (Å²) in [6.07, 6.45) is -1.08. The number of aromatic nitrogens is 1. The molecule has 5 nitrogen and oxygen atoms in total. The second-order valence-corrected chi connectivity index (χ2v) is 8.49. The van der Waals surface area contributed by atoms with E-state index in [0.717, 1.165) is 35.9 Å². The van der Waals surface area contributed by atoms with Gasteiger partial charge in [-0.2, -0.15) is 13.2 Å². The lowest BCUT2D eigenvalue weighted by Crippen LogP contribution is -2.31. The molecule has 1 saturated carbocycles. The van der Waals surface area contributed by atoms with Crippen LogP contribution in [0.25, 0.3) is 22.0 Å². The average molecular weight is 473 g/mol. The van der Waals surface area contributed by atoms with Crippen molar-refractivity contribution in [1.29, 1.82) is 0 Å². The fourth-order valence-electron chi connectivity index (χ4n) is 4.24. The molecular formula is C26H27F3N2O3. The Hall–Kier alpha value is -3.29. The molecule has 0 aliphatic heterocycles. The van der Waals surface area contributed by atoms with Crippen molar-refractivity contribution in [2.45, 2.75) is 46.0 Å². The van der Waals surface area contributed by atoms with Gasteiger partial charge in [0.05, 0.1) is 12.2 Å². The molecule has 180 valence electrons. The summed E-state index contributed by atoms with van der Waals surface area (Å²) >= 11 is 0. The zero-order chi connectivity index (χ0) is 24.5. The molecule has 0 bridgehead atoms. The number of carbonyl (C=O) groups excluding carboxylic acids is 2. The van der Waals surface area contributed by atoms with Crippen molar-refractivity contribution in [2.24, 2.45) is 5.92 Å². The van der Waals surface area contributed by atoms with Gasteiger partial charge in [-0.3, -0.25) is 9.59 Å². The third kappa shape index (κ3) is 4.95. The second-order valence-electron chi connectivity index (χ2n) is 8.49. The lowest BCUT2D eigenvalue weighted by Gasteiger charge is -2.23. The summed E-state index contributed by atoms with van der Waals surface area (Å²) < 4.78 is 47.5. The number of amides is 1. The van der Waals surface area contributed by atoms with Gasteiger partial charge in [-0.1, -0.05) is 24.3 Å². The number of rotatable bonds is 8. The number of ether oxygens (including phenoxy) is 1. The standard InChI is InChI=1S/C26H27F3N2O3/c1-3-30(25(33)17-9-10-17)14-18-13-19(26(27,28)29)11-12-20(18)22-15-31(16-24(32)34-4-2)23-8-6-5-7-21(22)23/h5-8,11-13,15,17H,3-4,9-10,14,16H2,1-2H3. The highest BCUT2D eigenvalue weighted by Gasteiger charge is 2.34. The van der Waals surface area contributed by atoms with Crippen LogP contribution in [-0.4, -0.2) is 34.5 Å². The monoisotopic (exact) mass is 472 g/mol. The number of fused-ring (bicyclic) bond motifs is 1. The number of alkyl halides is 3. The van der Waals surface area contributed by atoms with Crippen molar-refractivity contribution in [3.05, 3.63) is 59.8 Å². The molecule has 1 amide bonds.